The van der Waals surface area contributed by atoms with E-state index < -0.39 is 12.0 Å². The lowest BCUT2D eigenvalue weighted by Gasteiger charge is -2.23. The summed E-state index contributed by atoms with van der Waals surface area (Å²) in [5.41, 5.74) is 4.12. The molecule has 0 aliphatic carbocycles. The highest BCUT2D eigenvalue weighted by molar-refractivity contribution is 6.07. The van der Waals surface area contributed by atoms with Crippen LogP contribution in [0.3, 0.4) is 0 Å². The second-order valence-electron chi connectivity index (χ2n) is 7.90. The van der Waals surface area contributed by atoms with Crippen LogP contribution < -0.4 is 15.5 Å². The molecular weight excluding hydrogens is 418 g/mol. The molecule has 1 heterocycles. The highest BCUT2D eigenvalue weighted by Gasteiger charge is 2.31. The molecule has 1 aliphatic heterocycles. The van der Waals surface area contributed by atoms with Gasteiger partial charge >= 0.3 is 12.0 Å². The number of benzene rings is 3. The molecule has 0 bridgehead atoms. The Labute approximate surface area is 192 Å². The van der Waals surface area contributed by atoms with Crippen LogP contribution in [0, 0.1) is 0 Å². The maximum Gasteiger partial charge on any atom is 0.339 e. The third-order valence-electron chi connectivity index (χ3n) is 5.64. The van der Waals surface area contributed by atoms with Gasteiger partial charge in [-0.15, -0.1) is 0 Å². The predicted molar refractivity (Wildman–Crippen MR) is 126 cm³/mol. The highest BCUT2D eigenvalue weighted by Crippen LogP contribution is 2.34. The van der Waals surface area contributed by atoms with E-state index in [1.165, 1.54) is 7.11 Å². The zero-order valence-corrected chi connectivity index (χ0v) is 18.5. The number of ether oxygens (including phenoxy) is 1. The van der Waals surface area contributed by atoms with Crippen molar-refractivity contribution >= 4 is 29.3 Å². The van der Waals surface area contributed by atoms with Crippen LogP contribution in [0.5, 0.6) is 0 Å². The van der Waals surface area contributed by atoms with Crippen molar-refractivity contribution in [2.45, 2.75) is 25.9 Å². The number of methoxy groups -OCH3 is 1. The van der Waals surface area contributed by atoms with E-state index in [9.17, 15) is 14.4 Å². The summed E-state index contributed by atoms with van der Waals surface area (Å²) in [7, 11) is 1.29. The third-order valence-corrected chi connectivity index (χ3v) is 5.64. The largest absolute Gasteiger partial charge is 0.465 e. The van der Waals surface area contributed by atoms with Gasteiger partial charge < -0.3 is 20.3 Å². The summed E-state index contributed by atoms with van der Waals surface area (Å²) >= 11 is 0. The van der Waals surface area contributed by atoms with E-state index in [1.54, 1.807) is 24.3 Å². The van der Waals surface area contributed by atoms with Crippen molar-refractivity contribution in [1.82, 2.24) is 5.32 Å². The van der Waals surface area contributed by atoms with E-state index in [4.69, 9.17) is 4.74 Å². The molecule has 7 nitrogen and oxygen atoms in total. The van der Waals surface area contributed by atoms with Crippen LogP contribution >= 0.6 is 0 Å². The van der Waals surface area contributed by atoms with Crippen molar-refractivity contribution in [3.8, 4) is 0 Å². The van der Waals surface area contributed by atoms with Crippen molar-refractivity contribution in [1.29, 1.82) is 0 Å². The lowest BCUT2D eigenvalue weighted by Crippen LogP contribution is -2.35. The van der Waals surface area contributed by atoms with Crippen LogP contribution in [0.4, 0.5) is 16.2 Å². The third kappa shape index (κ3) is 4.72. The van der Waals surface area contributed by atoms with Crippen LogP contribution in [0.25, 0.3) is 0 Å². The second-order valence-corrected chi connectivity index (χ2v) is 7.90. The summed E-state index contributed by atoms with van der Waals surface area (Å²) < 4.78 is 4.76. The number of esters is 1. The Morgan fingerprint density at radius 2 is 1.73 bits per heavy atom. The molecule has 1 atom stereocenters. The summed E-state index contributed by atoms with van der Waals surface area (Å²) in [5, 5.41) is 5.49. The lowest BCUT2D eigenvalue weighted by molar-refractivity contribution is 0.0601. The number of hydrogen-bond donors (Lipinski definition) is 2. The number of fused-ring (bicyclic) bond motifs is 1. The first-order chi connectivity index (χ1) is 16.0. The van der Waals surface area contributed by atoms with Gasteiger partial charge in [-0.2, -0.15) is 0 Å². The molecule has 33 heavy (non-hydrogen) atoms. The van der Waals surface area contributed by atoms with Crippen molar-refractivity contribution < 1.29 is 19.1 Å². The van der Waals surface area contributed by atoms with Crippen molar-refractivity contribution in [3.63, 3.8) is 0 Å². The smallest absolute Gasteiger partial charge is 0.339 e. The zero-order valence-electron chi connectivity index (χ0n) is 18.5. The molecule has 4 rings (SSSR count). The van der Waals surface area contributed by atoms with Crippen molar-refractivity contribution in [3.05, 3.63) is 95.1 Å². The predicted octanol–water partition coefficient (Wildman–Crippen LogP) is 4.39. The molecule has 3 aromatic carbocycles. The number of rotatable bonds is 5. The minimum absolute atomic E-state index is 0.0379. The van der Waals surface area contributed by atoms with Gasteiger partial charge in [-0.1, -0.05) is 42.5 Å². The van der Waals surface area contributed by atoms with Gasteiger partial charge in [0.05, 0.1) is 18.4 Å². The van der Waals surface area contributed by atoms with E-state index >= 15 is 0 Å². The first kappa shape index (κ1) is 22.1. The Morgan fingerprint density at radius 1 is 1.00 bits per heavy atom. The van der Waals surface area contributed by atoms with Gasteiger partial charge in [-0.05, 0) is 54.8 Å². The summed E-state index contributed by atoms with van der Waals surface area (Å²) in [6, 6.07) is 21.4. The van der Waals surface area contributed by atoms with Gasteiger partial charge in [-0.25, -0.2) is 9.59 Å². The Balaban J connectivity index is 1.46. The summed E-state index contributed by atoms with van der Waals surface area (Å²) in [5.74, 6) is -0.564. The number of nitrogens with zero attached hydrogens (tertiary/aromatic N) is 1. The molecule has 0 saturated heterocycles. The van der Waals surface area contributed by atoms with Gasteiger partial charge in [0.2, 0.25) is 0 Å². The van der Waals surface area contributed by atoms with Crippen LogP contribution in [0.2, 0.25) is 0 Å². The van der Waals surface area contributed by atoms with E-state index in [2.05, 4.69) is 10.6 Å². The van der Waals surface area contributed by atoms with Gasteiger partial charge in [-0.3, -0.25) is 4.79 Å². The van der Waals surface area contributed by atoms with Gasteiger partial charge in [0, 0.05) is 23.8 Å². The minimum Gasteiger partial charge on any atom is -0.465 e. The summed E-state index contributed by atoms with van der Waals surface area (Å²) in [6.07, 6.45) is 0.784. The number of amides is 3. The first-order valence-electron chi connectivity index (χ1n) is 10.7. The molecule has 7 heteroatoms. The van der Waals surface area contributed by atoms with E-state index in [1.807, 2.05) is 60.4 Å². The van der Waals surface area contributed by atoms with E-state index in [-0.39, 0.29) is 24.1 Å². The Kier molecular flexibility index (Phi) is 6.40. The molecule has 168 valence electrons. The monoisotopic (exact) mass is 443 g/mol. The molecule has 3 aromatic rings. The zero-order chi connectivity index (χ0) is 23.4. The fourth-order valence-electron chi connectivity index (χ4n) is 4.02. The molecular formula is C26H25N3O4. The molecule has 3 amide bonds. The topological polar surface area (TPSA) is 87.7 Å². The maximum absolute atomic E-state index is 13.1. The normalized spacial score (nSPS) is 14.4. The van der Waals surface area contributed by atoms with Gasteiger partial charge in [0.1, 0.15) is 0 Å². The SMILES string of the molecule is COC(=O)c1ccccc1NC(=O)NCc1ccc2c(c1)N(C(=O)c1ccccc1)[C@H](C)C2. The Bertz CT molecular complexity index is 1190. The van der Waals surface area contributed by atoms with E-state index in [0.29, 0.717) is 11.3 Å². The average Bonchev–Trinajstić information content (AvgIpc) is 3.17. The van der Waals surface area contributed by atoms with E-state index in [0.717, 1.165) is 23.2 Å². The molecule has 0 saturated carbocycles. The van der Waals surface area contributed by atoms with Crippen LogP contribution in [-0.4, -0.2) is 31.1 Å². The fraction of sp³-hybridized carbons (Fsp3) is 0.192. The van der Waals surface area contributed by atoms with Crippen LogP contribution in [-0.2, 0) is 17.7 Å². The quantitative estimate of drug-likeness (QED) is 0.573. The molecule has 1 aliphatic rings. The fourth-order valence-corrected chi connectivity index (χ4v) is 4.02. The number of hydrogen-bond acceptors (Lipinski definition) is 4. The van der Waals surface area contributed by atoms with Crippen LogP contribution in [0.1, 0.15) is 38.8 Å². The lowest BCUT2D eigenvalue weighted by atomic mass is 10.1. The van der Waals surface area contributed by atoms with Crippen molar-refractivity contribution in [2.75, 3.05) is 17.3 Å². The average molecular weight is 444 g/mol. The molecule has 0 spiro atoms. The molecule has 0 radical (unpaired) electrons. The molecule has 0 fully saturated rings. The molecule has 0 aromatic heterocycles. The highest BCUT2D eigenvalue weighted by atomic mass is 16.5. The number of para-hydroxylation sites is 1. The molecule has 2 N–H and O–H groups in total. The molecule has 0 unspecified atom stereocenters. The van der Waals surface area contributed by atoms with Crippen molar-refractivity contribution in [2.24, 2.45) is 0 Å². The van der Waals surface area contributed by atoms with Gasteiger partial charge in [0.25, 0.3) is 5.91 Å². The maximum atomic E-state index is 13.1. The number of anilines is 2. The second kappa shape index (κ2) is 9.56. The van der Waals surface area contributed by atoms with Crippen LogP contribution in [0.15, 0.2) is 72.8 Å². The Morgan fingerprint density at radius 3 is 2.48 bits per heavy atom. The summed E-state index contributed by atoms with van der Waals surface area (Å²) in [4.78, 5) is 39.3. The van der Waals surface area contributed by atoms with Gasteiger partial charge in [0.15, 0.2) is 0 Å². The summed E-state index contributed by atoms with van der Waals surface area (Å²) in [6.45, 7) is 2.30. The Hall–Kier alpha value is -4.13. The first-order valence-corrected chi connectivity index (χ1v) is 10.7. The minimum atomic E-state index is -0.526. The number of urea groups is 1. The number of carbonyl (C=O) groups is 3. The number of carbonyl (C=O) groups excluding carboxylic acids is 3. The number of nitrogens with one attached hydrogen (secondary N) is 2. The standard InChI is InChI=1S/C26H25N3O4/c1-17-14-20-13-12-18(15-23(20)29(17)24(30)19-8-4-3-5-9-19)16-27-26(32)28-22-11-7-6-10-21(22)25(31)33-2/h3-13,15,17H,14,16H2,1-2H3,(H2,27,28,32)/t17-/m1/s1.